The van der Waals surface area contributed by atoms with Crippen LogP contribution in [0.3, 0.4) is 0 Å². The van der Waals surface area contributed by atoms with Crippen molar-refractivity contribution >= 4 is 46.5 Å². The number of nitrogens with zero attached hydrogens (tertiary/aromatic N) is 3. The second kappa shape index (κ2) is 11.3. The minimum atomic E-state index is -1.15. The molecule has 2 aliphatic rings. The van der Waals surface area contributed by atoms with Crippen molar-refractivity contribution in [2.75, 3.05) is 23.8 Å². The highest BCUT2D eigenvalue weighted by Gasteiger charge is 2.32. The van der Waals surface area contributed by atoms with Crippen LogP contribution in [0.5, 0.6) is 0 Å². The molecule has 3 amide bonds. The quantitative estimate of drug-likeness (QED) is 0.316. The fourth-order valence-electron chi connectivity index (χ4n) is 5.27. The van der Waals surface area contributed by atoms with Crippen molar-refractivity contribution < 1.29 is 28.3 Å². The Morgan fingerprint density at radius 3 is 2.71 bits per heavy atom. The van der Waals surface area contributed by atoms with Gasteiger partial charge in [-0.1, -0.05) is 24.9 Å². The van der Waals surface area contributed by atoms with Crippen LogP contribution in [-0.2, 0) is 9.59 Å². The molecular formula is C29H28ClF2N5O4. The molecule has 0 unspecified atom stereocenters. The lowest BCUT2D eigenvalue weighted by Gasteiger charge is -2.34. The maximum atomic E-state index is 14.7. The van der Waals surface area contributed by atoms with E-state index >= 15 is 0 Å². The van der Waals surface area contributed by atoms with Crippen molar-refractivity contribution in [1.29, 1.82) is 0 Å². The second-order valence-corrected chi connectivity index (χ2v) is 10.7. The molecule has 0 aliphatic carbocycles. The number of aromatic amines is 1. The zero-order valence-electron chi connectivity index (χ0n) is 22.4. The van der Waals surface area contributed by atoms with Crippen LogP contribution >= 0.6 is 11.6 Å². The summed E-state index contributed by atoms with van der Waals surface area (Å²) in [5, 5.41) is 12.1. The molecule has 214 valence electrons. The van der Waals surface area contributed by atoms with Crippen LogP contribution in [0.4, 0.5) is 25.0 Å². The molecule has 0 radical (unpaired) electrons. The molecule has 2 atom stereocenters. The van der Waals surface area contributed by atoms with Gasteiger partial charge >= 0.3 is 6.09 Å². The Kier molecular flexibility index (Phi) is 7.81. The molecule has 9 nitrogen and oxygen atoms in total. The number of rotatable bonds is 3. The summed E-state index contributed by atoms with van der Waals surface area (Å²) in [5.74, 6) is -2.23. The fourth-order valence-corrected chi connectivity index (χ4v) is 5.43. The van der Waals surface area contributed by atoms with Gasteiger partial charge in [-0.15, -0.1) is 0 Å². The van der Waals surface area contributed by atoms with E-state index in [0.29, 0.717) is 47.7 Å². The highest BCUT2D eigenvalue weighted by atomic mass is 35.5. The Labute approximate surface area is 239 Å². The van der Waals surface area contributed by atoms with Crippen LogP contribution in [0.15, 0.2) is 42.6 Å². The monoisotopic (exact) mass is 583 g/mol. The zero-order valence-corrected chi connectivity index (χ0v) is 23.1. The van der Waals surface area contributed by atoms with E-state index in [-0.39, 0.29) is 40.9 Å². The third kappa shape index (κ3) is 5.54. The molecule has 3 N–H and O–H groups in total. The van der Waals surface area contributed by atoms with Crippen LogP contribution in [0.1, 0.15) is 49.9 Å². The minimum absolute atomic E-state index is 0.215. The molecule has 3 heterocycles. The summed E-state index contributed by atoms with van der Waals surface area (Å²) in [4.78, 5) is 48.4. The highest BCUT2D eigenvalue weighted by molar-refractivity contribution is 6.31. The van der Waals surface area contributed by atoms with Crippen molar-refractivity contribution in [1.82, 2.24) is 14.9 Å². The van der Waals surface area contributed by atoms with E-state index in [1.807, 2.05) is 6.92 Å². The van der Waals surface area contributed by atoms with Crippen molar-refractivity contribution in [2.24, 2.45) is 5.92 Å². The average molecular weight is 584 g/mol. The molecule has 3 aromatic rings. The first kappa shape index (κ1) is 28.3. The Morgan fingerprint density at radius 1 is 1.20 bits per heavy atom. The summed E-state index contributed by atoms with van der Waals surface area (Å²) in [6.07, 6.45) is 3.64. The van der Waals surface area contributed by atoms with Gasteiger partial charge < -0.3 is 20.3 Å². The third-order valence-corrected chi connectivity index (χ3v) is 7.94. The summed E-state index contributed by atoms with van der Waals surface area (Å²) in [6, 6.07) is 6.66. The molecular weight excluding hydrogens is 556 g/mol. The smallest absolute Gasteiger partial charge is 0.411 e. The number of halogens is 3. The normalized spacial score (nSPS) is 19.4. The number of carbonyl (C=O) groups is 3. The number of imidazole rings is 1. The van der Waals surface area contributed by atoms with Crippen molar-refractivity contribution in [3.05, 3.63) is 70.5 Å². The highest BCUT2D eigenvalue weighted by Crippen LogP contribution is 2.37. The summed E-state index contributed by atoms with van der Waals surface area (Å²) in [7, 11) is 1.41. The van der Waals surface area contributed by atoms with Gasteiger partial charge in [0.1, 0.15) is 11.6 Å². The summed E-state index contributed by atoms with van der Waals surface area (Å²) in [5.41, 5.74) is 1.94. The standard InChI is InChI=1S/C29H28ClF2N5O4/c1-15-4-3-5-23(37-11-10-16(12-24(37)38)25-20(31)9-8-19(30)26(25)32)22-14-33-27(34-22)18-7-6-17(36(2)29(40)41)13-21(18)35-28(15)39/h6-9,12-15,23H,3-5,10-11H2,1-2H3,(H,33,34)(H,35,39)(H,40,41)/t15-,23-/m1/s1. The summed E-state index contributed by atoms with van der Waals surface area (Å²) in [6.45, 7) is 2.02. The first-order valence-corrected chi connectivity index (χ1v) is 13.5. The van der Waals surface area contributed by atoms with Crippen LogP contribution in [0.2, 0.25) is 5.02 Å². The number of H-pyrrole nitrogens is 1. The number of carbonyl (C=O) groups excluding carboxylic acids is 2. The van der Waals surface area contributed by atoms with Crippen LogP contribution in [0.25, 0.3) is 17.0 Å². The largest absolute Gasteiger partial charge is 0.465 e. The first-order valence-electron chi connectivity index (χ1n) is 13.2. The Balaban J connectivity index is 1.51. The van der Waals surface area contributed by atoms with Crippen molar-refractivity contribution in [2.45, 2.75) is 38.6 Å². The molecule has 5 rings (SSSR count). The molecule has 2 aromatic carbocycles. The SMILES string of the molecule is C[C@@H]1CCC[C@@H](N2CCC(c3c(F)ccc(Cl)c3F)=CC2=O)c2cnc([nH]2)-c2ccc(N(C)C(=O)O)cc2NC1=O. The van der Waals surface area contributed by atoms with E-state index in [9.17, 15) is 28.3 Å². The predicted octanol–water partition coefficient (Wildman–Crippen LogP) is 6.24. The minimum Gasteiger partial charge on any atom is -0.465 e. The second-order valence-electron chi connectivity index (χ2n) is 10.3. The average Bonchev–Trinajstić information content (AvgIpc) is 3.42. The Hall–Kier alpha value is -4.25. The van der Waals surface area contributed by atoms with Gasteiger partial charge in [0, 0.05) is 36.8 Å². The number of hydrogen-bond acceptors (Lipinski definition) is 4. The van der Waals surface area contributed by atoms with Crippen molar-refractivity contribution in [3.8, 4) is 11.4 Å². The van der Waals surface area contributed by atoms with Crippen molar-refractivity contribution in [3.63, 3.8) is 0 Å². The molecule has 2 bridgehead atoms. The molecule has 2 aliphatic heterocycles. The van der Waals surface area contributed by atoms with Crippen LogP contribution < -0.4 is 10.2 Å². The fraction of sp³-hybridized carbons (Fsp3) is 0.310. The van der Waals surface area contributed by atoms with E-state index < -0.39 is 29.7 Å². The van der Waals surface area contributed by atoms with Gasteiger partial charge in [-0.3, -0.25) is 14.5 Å². The first-order chi connectivity index (χ1) is 19.5. The van der Waals surface area contributed by atoms with E-state index in [0.717, 1.165) is 17.0 Å². The zero-order chi connectivity index (χ0) is 29.4. The van der Waals surface area contributed by atoms with Gasteiger partial charge in [0.25, 0.3) is 0 Å². The molecule has 0 saturated heterocycles. The number of amides is 3. The molecule has 41 heavy (non-hydrogen) atoms. The number of benzene rings is 2. The number of nitrogens with one attached hydrogen (secondary N) is 2. The van der Waals surface area contributed by atoms with E-state index in [1.54, 1.807) is 29.3 Å². The van der Waals surface area contributed by atoms with Gasteiger partial charge in [0.2, 0.25) is 11.8 Å². The van der Waals surface area contributed by atoms with E-state index in [4.69, 9.17) is 11.6 Å². The molecule has 1 aromatic heterocycles. The third-order valence-electron chi connectivity index (χ3n) is 7.65. The van der Waals surface area contributed by atoms with E-state index in [2.05, 4.69) is 15.3 Å². The molecule has 0 saturated carbocycles. The lowest BCUT2D eigenvalue weighted by atomic mass is 9.94. The van der Waals surface area contributed by atoms with Gasteiger partial charge in [-0.2, -0.15) is 0 Å². The van der Waals surface area contributed by atoms with Crippen LogP contribution in [0, 0.1) is 17.6 Å². The van der Waals surface area contributed by atoms with Gasteiger partial charge in [-0.05, 0) is 55.2 Å². The predicted molar refractivity (Wildman–Crippen MR) is 151 cm³/mol. The summed E-state index contributed by atoms with van der Waals surface area (Å²) < 4.78 is 29.2. The summed E-state index contributed by atoms with van der Waals surface area (Å²) >= 11 is 5.87. The number of anilines is 2. The van der Waals surface area contributed by atoms with E-state index in [1.165, 1.54) is 13.1 Å². The lowest BCUT2D eigenvalue weighted by Crippen LogP contribution is -2.37. The van der Waals surface area contributed by atoms with Gasteiger partial charge in [0.05, 0.1) is 34.2 Å². The van der Waals surface area contributed by atoms with Gasteiger partial charge in [-0.25, -0.2) is 18.6 Å². The number of fused-ring (bicyclic) bond motifs is 4. The molecule has 0 spiro atoms. The number of aromatic nitrogens is 2. The topological polar surface area (TPSA) is 119 Å². The molecule has 0 fully saturated rings. The Bertz CT molecular complexity index is 1570. The maximum Gasteiger partial charge on any atom is 0.411 e. The van der Waals surface area contributed by atoms with Crippen LogP contribution in [-0.4, -0.2) is 51.5 Å². The number of hydrogen-bond donors (Lipinski definition) is 3. The molecule has 12 heteroatoms. The number of carboxylic acid groups (broad SMARTS) is 1. The van der Waals surface area contributed by atoms with Gasteiger partial charge in [0.15, 0.2) is 5.82 Å². The maximum absolute atomic E-state index is 14.7. The lowest BCUT2D eigenvalue weighted by molar-refractivity contribution is -0.129. The Morgan fingerprint density at radius 2 is 1.98 bits per heavy atom.